The first kappa shape index (κ1) is 19.9. The van der Waals surface area contributed by atoms with Gasteiger partial charge in [-0.25, -0.2) is 4.98 Å². The molecule has 7 nitrogen and oxygen atoms in total. The number of nitrogens with zero attached hydrogens (tertiary/aromatic N) is 2. The fourth-order valence-corrected chi connectivity index (χ4v) is 2.01. The number of guanidine groups is 1. The molecule has 1 aromatic heterocycles. The lowest BCUT2D eigenvalue weighted by Crippen LogP contribution is -2.39. The second-order valence-electron chi connectivity index (χ2n) is 5.29. The molecule has 24 heavy (non-hydrogen) atoms. The number of carbonyl (C=O) groups excluding carboxylic acids is 1. The number of pyridine rings is 1. The van der Waals surface area contributed by atoms with Crippen molar-refractivity contribution < 1.29 is 9.53 Å². The quantitative estimate of drug-likeness (QED) is 0.344. The van der Waals surface area contributed by atoms with E-state index < -0.39 is 0 Å². The van der Waals surface area contributed by atoms with E-state index in [2.05, 4.69) is 25.9 Å². The number of nitrogens with one attached hydrogen (secondary N) is 3. The summed E-state index contributed by atoms with van der Waals surface area (Å²) in [6.45, 7) is 6.77. The molecule has 0 bridgehead atoms. The van der Waals surface area contributed by atoms with Gasteiger partial charge in [-0.1, -0.05) is 6.07 Å². The highest BCUT2D eigenvalue weighted by molar-refractivity contribution is 5.90. The first-order valence-electron chi connectivity index (χ1n) is 8.41. The summed E-state index contributed by atoms with van der Waals surface area (Å²) in [5, 5.41) is 9.12. The average Bonchev–Trinajstić information content (AvgIpc) is 2.56. The first-order valence-corrected chi connectivity index (χ1v) is 8.41. The van der Waals surface area contributed by atoms with Crippen molar-refractivity contribution in [2.24, 2.45) is 4.99 Å². The van der Waals surface area contributed by atoms with E-state index in [1.807, 2.05) is 26.0 Å². The summed E-state index contributed by atoms with van der Waals surface area (Å²) in [5.74, 6) is 1.21. The Labute approximate surface area is 144 Å². The molecule has 0 unspecified atom stereocenters. The monoisotopic (exact) mass is 335 g/mol. The molecular formula is C17H29N5O2. The number of hydrogen-bond donors (Lipinski definition) is 3. The molecule has 0 spiro atoms. The van der Waals surface area contributed by atoms with Gasteiger partial charge in [-0.2, -0.15) is 0 Å². The van der Waals surface area contributed by atoms with Crippen LogP contribution in [0.3, 0.4) is 0 Å². The second kappa shape index (κ2) is 12.3. The molecule has 134 valence electrons. The number of aliphatic imine (C=N–C) groups is 1. The minimum absolute atomic E-state index is 0.0761. The van der Waals surface area contributed by atoms with Gasteiger partial charge in [-0.05, 0) is 38.8 Å². The Bertz CT molecular complexity index is 519. The summed E-state index contributed by atoms with van der Waals surface area (Å²) in [6, 6.07) is 5.54. The van der Waals surface area contributed by atoms with E-state index in [9.17, 15) is 4.79 Å². The lowest BCUT2D eigenvalue weighted by atomic mass is 10.3. The van der Waals surface area contributed by atoms with Gasteiger partial charge >= 0.3 is 0 Å². The van der Waals surface area contributed by atoms with Crippen molar-refractivity contribution in [3.05, 3.63) is 23.9 Å². The molecule has 0 aliphatic rings. The van der Waals surface area contributed by atoms with Crippen LogP contribution in [0, 0.1) is 6.92 Å². The number of carbonyl (C=O) groups is 1. The summed E-state index contributed by atoms with van der Waals surface area (Å²) in [5.41, 5.74) is 0.875. The molecule has 3 N–H and O–H groups in total. The van der Waals surface area contributed by atoms with Crippen molar-refractivity contribution in [2.45, 2.75) is 33.1 Å². The summed E-state index contributed by atoms with van der Waals surface area (Å²) < 4.78 is 5.29. The van der Waals surface area contributed by atoms with Gasteiger partial charge in [0, 0.05) is 45.5 Å². The highest BCUT2D eigenvalue weighted by Gasteiger charge is 2.04. The maximum atomic E-state index is 11.9. The SMILES string of the molecule is CCOCCCCNC(=NC)NCCC(=O)Nc1cccc(C)n1. The van der Waals surface area contributed by atoms with Crippen molar-refractivity contribution in [1.82, 2.24) is 15.6 Å². The Morgan fingerprint density at radius 1 is 1.25 bits per heavy atom. The Morgan fingerprint density at radius 3 is 2.75 bits per heavy atom. The standard InChI is InChI=1S/C17H29N5O2/c1-4-24-13-6-5-11-19-17(18-3)20-12-10-16(23)22-15-9-7-8-14(2)21-15/h7-9H,4-6,10-13H2,1-3H3,(H2,18,19,20)(H,21,22,23). The lowest BCUT2D eigenvalue weighted by molar-refractivity contribution is -0.116. The van der Waals surface area contributed by atoms with Gasteiger partial charge in [0.05, 0.1) is 0 Å². The molecule has 0 saturated heterocycles. The van der Waals surface area contributed by atoms with Crippen LogP contribution in [-0.2, 0) is 9.53 Å². The molecule has 1 heterocycles. The smallest absolute Gasteiger partial charge is 0.227 e. The van der Waals surface area contributed by atoms with Gasteiger partial charge in [0.15, 0.2) is 5.96 Å². The van der Waals surface area contributed by atoms with E-state index in [-0.39, 0.29) is 5.91 Å². The second-order valence-corrected chi connectivity index (χ2v) is 5.29. The molecule has 1 aromatic rings. The van der Waals surface area contributed by atoms with Gasteiger partial charge in [0.2, 0.25) is 5.91 Å². The third-order valence-corrected chi connectivity index (χ3v) is 3.24. The zero-order valence-electron chi connectivity index (χ0n) is 14.9. The number of hydrogen-bond acceptors (Lipinski definition) is 4. The van der Waals surface area contributed by atoms with Gasteiger partial charge in [0.1, 0.15) is 5.82 Å². The van der Waals surface area contributed by atoms with Crippen molar-refractivity contribution >= 4 is 17.7 Å². The zero-order chi connectivity index (χ0) is 17.6. The predicted octanol–water partition coefficient (Wildman–Crippen LogP) is 1.70. The molecule has 7 heteroatoms. The predicted molar refractivity (Wildman–Crippen MR) is 97.3 cm³/mol. The van der Waals surface area contributed by atoms with E-state index >= 15 is 0 Å². The first-order chi connectivity index (χ1) is 11.7. The van der Waals surface area contributed by atoms with Crippen LogP contribution in [0.1, 0.15) is 31.9 Å². The van der Waals surface area contributed by atoms with Gasteiger partial charge in [-0.15, -0.1) is 0 Å². The van der Waals surface area contributed by atoms with Gasteiger partial charge in [0.25, 0.3) is 0 Å². The lowest BCUT2D eigenvalue weighted by Gasteiger charge is -2.12. The molecule has 0 atom stereocenters. The zero-order valence-corrected chi connectivity index (χ0v) is 14.9. The molecule has 1 rings (SSSR count). The summed E-state index contributed by atoms with van der Waals surface area (Å²) in [6.07, 6.45) is 2.38. The van der Waals surface area contributed by atoms with Crippen LogP contribution in [0.15, 0.2) is 23.2 Å². The highest BCUT2D eigenvalue weighted by Crippen LogP contribution is 2.03. The van der Waals surface area contributed by atoms with Crippen molar-refractivity contribution in [3.8, 4) is 0 Å². The van der Waals surface area contributed by atoms with Crippen LogP contribution >= 0.6 is 0 Å². The van der Waals surface area contributed by atoms with E-state index in [1.165, 1.54) is 0 Å². The highest BCUT2D eigenvalue weighted by atomic mass is 16.5. The minimum Gasteiger partial charge on any atom is -0.382 e. The maximum absolute atomic E-state index is 11.9. The van der Waals surface area contributed by atoms with Crippen molar-refractivity contribution in [1.29, 1.82) is 0 Å². The number of unbranched alkanes of at least 4 members (excludes halogenated alkanes) is 1. The molecule has 0 aromatic carbocycles. The van der Waals surface area contributed by atoms with Crippen molar-refractivity contribution in [2.75, 3.05) is 38.7 Å². The van der Waals surface area contributed by atoms with Crippen LogP contribution in [0.25, 0.3) is 0 Å². The van der Waals surface area contributed by atoms with Crippen LogP contribution in [0.2, 0.25) is 0 Å². The van der Waals surface area contributed by atoms with Crippen molar-refractivity contribution in [3.63, 3.8) is 0 Å². The van der Waals surface area contributed by atoms with Gasteiger partial charge in [-0.3, -0.25) is 9.79 Å². The number of anilines is 1. The molecule has 1 amide bonds. The number of ether oxygens (including phenoxy) is 1. The Hall–Kier alpha value is -2.15. The van der Waals surface area contributed by atoms with E-state index in [0.29, 0.717) is 24.7 Å². The van der Waals surface area contributed by atoms with E-state index in [1.54, 1.807) is 13.1 Å². The Balaban J connectivity index is 2.16. The van der Waals surface area contributed by atoms with E-state index in [4.69, 9.17) is 4.74 Å². The summed E-state index contributed by atoms with van der Waals surface area (Å²) in [7, 11) is 1.71. The third kappa shape index (κ3) is 9.09. The molecule has 0 aliphatic heterocycles. The molecule has 0 fully saturated rings. The topological polar surface area (TPSA) is 87.6 Å². The fourth-order valence-electron chi connectivity index (χ4n) is 2.01. The number of aryl methyl sites for hydroxylation is 1. The normalized spacial score (nSPS) is 11.2. The average molecular weight is 335 g/mol. The minimum atomic E-state index is -0.0761. The number of amides is 1. The van der Waals surface area contributed by atoms with Gasteiger partial charge < -0.3 is 20.7 Å². The van der Waals surface area contributed by atoms with Crippen LogP contribution < -0.4 is 16.0 Å². The van der Waals surface area contributed by atoms with Crippen LogP contribution in [0.5, 0.6) is 0 Å². The van der Waals surface area contributed by atoms with E-state index in [0.717, 1.165) is 38.3 Å². The summed E-state index contributed by atoms with van der Waals surface area (Å²) in [4.78, 5) is 20.3. The molecule has 0 aliphatic carbocycles. The molecule has 0 radical (unpaired) electrons. The number of aromatic nitrogens is 1. The summed E-state index contributed by atoms with van der Waals surface area (Å²) >= 11 is 0. The Morgan fingerprint density at radius 2 is 2.04 bits per heavy atom. The third-order valence-electron chi connectivity index (χ3n) is 3.24. The number of rotatable bonds is 10. The Kier molecular flexibility index (Phi) is 10.2. The van der Waals surface area contributed by atoms with Crippen LogP contribution in [-0.4, -0.2) is 50.2 Å². The van der Waals surface area contributed by atoms with Crippen LogP contribution in [0.4, 0.5) is 5.82 Å². The molecule has 0 saturated carbocycles. The fraction of sp³-hybridized carbons (Fsp3) is 0.588. The maximum Gasteiger partial charge on any atom is 0.227 e. The molecular weight excluding hydrogens is 306 g/mol. The largest absolute Gasteiger partial charge is 0.382 e.